The zero-order valence-electron chi connectivity index (χ0n) is 9.23. The minimum absolute atomic E-state index is 0.0269. The molecule has 0 aromatic heterocycles. The Morgan fingerprint density at radius 1 is 0.947 bits per heavy atom. The molecule has 0 aliphatic heterocycles. The lowest BCUT2D eigenvalue weighted by molar-refractivity contribution is 0.507. The molecule has 0 saturated heterocycles. The first-order valence-electron chi connectivity index (χ1n) is 5.13. The van der Waals surface area contributed by atoms with Gasteiger partial charge in [-0.15, -0.1) is 11.6 Å². The fourth-order valence-corrected chi connectivity index (χ4v) is 3.27. The summed E-state index contributed by atoms with van der Waals surface area (Å²) in [6.07, 6.45) is 0. The van der Waals surface area contributed by atoms with Gasteiger partial charge in [-0.1, -0.05) is 17.7 Å². The first kappa shape index (κ1) is 14.9. The molecule has 0 radical (unpaired) electrons. The van der Waals surface area contributed by atoms with Gasteiger partial charge in [-0.05, 0) is 58.0 Å². The van der Waals surface area contributed by atoms with Gasteiger partial charge in [0, 0.05) is 8.59 Å². The summed E-state index contributed by atoms with van der Waals surface area (Å²) in [6, 6.07) is 5.87. The SMILES string of the molecule is Fc1ccc(C(Cl)c2cc(F)c(F)cc2Cl)c(I)c1. The molecule has 6 heteroatoms. The van der Waals surface area contributed by atoms with Gasteiger partial charge in [0.15, 0.2) is 11.6 Å². The van der Waals surface area contributed by atoms with Crippen LogP contribution in [0.15, 0.2) is 30.3 Å². The Hall–Kier alpha value is -0.460. The van der Waals surface area contributed by atoms with Crippen LogP contribution in [0.2, 0.25) is 5.02 Å². The first-order chi connectivity index (χ1) is 8.90. The highest BCUT2D eigenvalue weighted by Gasteiger charge is 2.19. The minimum atomic E-state index is -1.04. The van der Waals surface area contributed by atoms with E-state index in [1.807, 2.05) is 22.6 Å². The Balaban J connectivity index is 2.49. The molecule has 1 atom stereocenters. The Bertz CT molecular complexity index is 632. The minimum Gasteiger partial charge on any atom is -0.207 e. The molecule has 0 heterocycles. The zero-order valence-corrected chi connectivity index (χ0v) is 12.9. The zero-order chi connectivity index (χ0) is 14.2. The van der Waals surface area contributed by atoms with Gasteiger partial charge in [0.2, 0.25) is 0 Å². The molecule has 0 spiro atoms. The van der Waals surface area contributed by atoms with E-state index in [1.165, 1.54) is 18.2 Å². The molecule has 2 rings (SSSR count). The second-order valence-electron chi connectivity index (χ2n) is 3.82. The van der Waals surface area contributed by atoms with Crippen LogP contribution in [0.5, 0.6) is 0 Å². The quantitative estimate of drug-likeness (QED) is 0.335. The van der Waals surface area contributed by atoms with Crippen LogP contribution in [0.3, 0.4) is 0 Å². The topological polar surface area (TPSA) is 0 Å². The molecular weight excluding hydrogens is 411 g/mol. The van der Waals surface area contributed by atoms with Gasteiger partial charge in [-0.25, -0.2) is 13.2 Å². The van der Waals surface area contributed by atoms with Gasteiger partial charge >= 0.3 is 0 Å². The van der Waals surface area contributed by atoms with E-state index in [1.54, 1.807) is 0 Å². The van der Waals surface area contributed by atoms with Crippen molar-refractivity contribution in [1.82, 2.24) is 0 Å². The average molecular weight is 417 g/mol. The standard InChI is InChI=1S/C13H6Cl2F3I/c14-9-5-11(18)10(17)4-8(9)13(15)7-2-1-6(16)3-12(7)19/h1-5,13H. The van der Waals surface area contributed by atoms with E-state index in [4.69, 9.17) is 23.2 Å². The summed E-state index contributed by atoms with van der Waals surface area (Å²) < 4.78 is 39.9. The van der Waals surface area contributed by atoms with Crippen molar-refractivity contribution in [2.24, 2.45) is 0 Å². The Morgan fingerprint density at radius 3 is 2.21 bits per heavy atom. The number of hydrogen-bond donors (Lipinski definition) is 0. The van der Waals surface area contributed by atoms with Gasteiger partial charge in [-0.3, -0.25) is 0 Å². The smallest absolute Gasteiger partial charge is 0.160 e. The van der Waals surface area contributed by atoms with Crippen LogP contribution in [0, 0.1) is 21.0 Å². The number of halogens is 6. The van der Waals surface area contributed by atoms with Crippen LogP contribution in [0.1, 0.15) is 16.5 Å². The molecule has 19 heavy (non-hydrogen) atoms. The lowest BCUT2D eigenvalue weighted by Gasteiger charge is -2.14. The maximum Gasteiger partial charge on any atom is 0.160 e. The van der Waals surface area contributed by atoms with E-state index in [0.29, 0.717) is 9.13 Å². The number of alkyl halides is 1. The maximum atomic E-state index is 13.2. The highest BCUT2D eigenvalue weighted by Crippen LogP contribution is 2.36. The van der Waals surface area contributed by atoms with Gasteiger partial charge in [0.1, 0.15) is 5.82 Å². The summed E-state index contributed by atoms with van der Waals surface area (Å²) in [6.45, 7) is 0. The lowest BCUT2D eigenvalue weighted by Crippen LogP contribution is -2.00. The van der Waals surface area contributed by atoms with E-state index in [0.717, 1.165) is 12.1 Å². The maximum absolute atomic E-state index is 13.2. The Kier molecular flexibility index (Phi) is 4.63. The highest BCUT2D eigenvalue weighted by atomic mass is 127. The molecule has 1 unspecified atom stereocenters. The van der Waals surface area contributed by atoms with E-state index in [-0.39, 0.29) is 10.6 Å². The van der Waals surface area contributed by atoms with Crippen LogP contribution >= 0.6 is 45.8 Å². The average Bonchev–Trinajstić information content (AvgIpc) is 2.33. The predicted octanol–water partition coefficient (Wildman–Crippen LogP) is 5.69. The third-order valence-electron chi connectivity index (χ3n) is 2.55. The molecule has 2 aromatic carbocycles. The third kappa shape index (κ3) is 3.17. The van der Waals surface area contributed by atoms with Crippen LogP contribution < -0.4 is 0 Å². The predicted molar refractivity (Wildman–Crippen MR) is 78.2 cm³/mol. The van der Waals surface area contributed by atoms with Crippen molar-refractivity contribution in [3.8, 4) is 0 Å². The Labute approximate surface area is 131 Å². The van der Waals surface area contributed by atoms with Crippen LogP contribution in [-0.4, -0.2) is 0 Å². The summed E-state index contributed by atoms with van der Waals surface area (Å²) in [7, 11) is 0. The largest absolute Gasteiger partial charge is 0.207 e. The third-order valence-corrected chi connectivity index (χ3v) is 4.28. The summed E-state index contributed by atoms with van der Waals surface area (Å²) >= 11 is 14.0. The molecule has 2 aromatic rings. The lowest BCUT2D eigenvalue weighted by atomic mass is 10.0. The highest BCUT2D eigenvalue weighted by molar-refractivity contribution is 14.1. The molecule has 0 N–H and O–H groups in total. The summed E-state index contributed by atoms with van der Waals surface area (Å²) in [4.78, 5) is 0. The monoisotopic (exact) mass is 416 g/mol. The molecule has 0 aliphatic rings. The molecule has 0 nitrogen and oxygen atoms in total. The molecule has 100 valence electrons. The van der Waals surface area contributed by atoms with Gasteiger partial charge < -0.3 is 0 Å². The van der Waals surface area contributed by atoms with Crippen molar-refractivity contribution >= 4 is 45.8 Å². The number of hydrogen-bond acceptors (Lipinski definition) is 0. The van der Waals surface area contributed by atoms with E-state index in [2.05, 4.69) is 0 Å². The molecule has 0 saturated carbocycles. The van der Waals surface area contributed by atoms with Gasteiger partial charge in [-0.2, -0.15) is 0 Å². The van der Waals surface area contributed by atoms with E-state index in [9.17, 15) is 13.2 Å². The van der Waals surface area contributed by atoms with Crippen molar-refractivity contribution < 1.29 is 13.2 Å². The second kappa shape index (κ2) is 5.89. The summed E-state index contributed by atoms with van der Waals surface area (Å²) in [5, 5.41) is -0.755. The van der Waals surface area contributed by atoms with Crippen molar-refractivity contribution in [2.75, 3.05) is 0 Å². The molecular formula is C13H6Cl2F3I. The Morgan fingerprint density at radius 2 is 1.58 bits per heavy atom. The van der Waals surface area contributed by atoms with Crippen molar-refractivity contribution in [1.29, 1.82) is 0 Å². The normalized spacial score (nSPS) is 12.5. The molecule has 0 aliphatic carbocycles. The second-order valence-corrected chi connectivity index (χ2v) is 5.82. The van der Waals surface area contributed by atoms with Crippen molar-refractivity contribution in [3.05, 3.63) is 67.5 Å². The van der Waals surface area contributed by atoms with E-state index >= 15 is 0 Å². The first-order valence-corrected chi connectivity index (χ1v) is 7.03. The van der Waals surface area contributed by atoms with E-state index < -0.39 is 22.8 Å². The van der Waals surface area contributed by atoms with Crippen LogP contribution in [0.4, 0.5) is 13.2 Å². The summed E-state index contributed by atoms with van der Waals surface area (Å²) in [5.74, 6) is -2.46. The van der Waals surface area contributed by atoms with Gasteiger partial charge in [0.25, 0.3) is 0 Å². The number of benzene rings is 2. The summed E-state index contributed by atoms with van der Waals surface area (Å²) in [5.41, 5.74) is 0.823. The van der Waals surface area contributed by atoms with Crippen LogP contribution in [-0.2, 0) is 0 Å². The molecule has 0 fully saturated rings. The molecule has 0 bridgehead atoms. The van der Waals surface area contributed by atoms with Gasteiger partial charge in [0.05, 0.1) is 5.38 Å². The molecule has 0 amide bonds. The fraction of sp³-hybridized carbons (Fsp3) is 0.0769. The van der Waals surface area contributed by atoms with Crippen molar-refractivity contribution in [3.63, 3.8) is 0 Å². The van der Waals surface area contributed by atoms with Crippen LogP contribution in [0.25, 0.3) is 0 Å². The van der Waals surface area contributed by atoms with Crippen molar-refractivity contribution in [2.45, 2.75) is 5.38 Å². The fourth-order valence-electron chi connectivity index (χ4n) is 1.61. The number of rotatable bonds is 2.